The number of halogens is 2. The summed E-state index contributed by atoms with van der Waals surface area (Å²) in [5.74, 6) is -0.262. The average molecular weight is 469 g/mol. The maximum Gasteiger partial charge on any atom is 0.286 e. The monoisotopic (exact) mass is 468 g/mol. The van der Waals surface area contributed by atoms with Crippen LogP contribution in [-0.4, -0.2) is 33.5 Å². The maximum atomic E-state index is 12.0. The molecule has 0 bridgehead atoms. The molecule has 0 aliphatic carbocycles. The Hall–Kier alpha value is -2.20. The summed E-state index contributed by atoms with van der Waals surface area (Å²) in [4.78, 5) is 28.1. The van der Waals surface area contributed by atoms with Crippen molar-refractivity contribution in [2.24, 2.45) is 0 Å². The molecule has 0 radical (unpaired) electrons. The van der Waals surface area contributed by atoms with Crippen molar-refractivity contribution in [2.45, 2.75) is 10.4 Å². The Kier molecular flexibility index (Phi) is 7.82. The van der Waals surface area contributed by atoms with E-state index in [1.54, 1.807) is 48.5 Å². The van der Waals surface area contributed by atoms with Crippen LogP contribution in [-0.2, 0) is 9.59 Å². The second-order valence-electron chi connectivity index (χ2n) is 5.54. The topological polar surface area (TPSA) is 97.1 Å². The highest BCUT2D eigenvalue weighted by molar-refractivity contribution is 8.00. The number of aromatic nitrogens is 2. The standard InChI is InChI=1S/C18H14Cl2N4O3S2/c19-11-3-1-5-13(7-11)21-15(25)9-28-17-23-18(27-24-17)29-10-16(26)22-14-6-2-4-12(20)8-14/h1-8H,9-10H2,(H,21,25)(H,22,26). The molecule has 7 nitrogen and oxygen atoms in total. The van der Waals surface area contributed by atoms with Crippen molar-refractivity contribution in [3.05, 3.63) is 58.6 Å². The molecule has 0 unspecified atom stereocenters. The second-order valence-corrected chi connectivity index (χ2v) is 8.28. The highest BCUT2D eigenvalue weighted by atomic mass is 35.5. The lowest BCUT2D eigenvalue weighted by Crippen LogP contribution is -2.14. The predicted octanol–water partition coefficient (Wildman–Crippen LogP) is 4.84. The van der Waals surface area contributed by atoms with Gasteiger partial charge in [0.15, 0.2) is 0 Å². The molecule has 150 valence electrons. The fourth-order valence-corrected chi connectivity index (χ4v) is 3.67. The fourth-order valence-electron chi connectivity index (χ4n) is 2.10. The lowest BCUT2D eigenvalue weighted by atomic mass is 10.3. The van der Waals surface area contributed by atoms with Crippen molar-refractivity contribution in [3.63, 3.8) is 0 Å². The maximum absolute atomic E-state index is 12.0. The number of anilines is 2. The van der Waals surface area contributed by atoms with Crippen LogP contribution in [0.3, 0.4) is 0 Å². The molecule has 3 rings (SSSR count). The zero-order chi connectivity index (χ0) is 20.6. The summed E-state index contributed by atoms with van der Waals surface area (Å²) in [6, 6.07) is 13.7. The molecule has 0 fully saturated rings. The van der Waals surface area contributed by atoms with Crippen LogP contribution in [0.15, 0.2) is 63.4 Å². The first-order chi connectivity index (χ1) is 14.0. The van der Waals surface area contributed by atoms with Gasteiger partial charge in [-0.05, 0) is 41.6 Å². The Balaban J connectivity index is 1.42. The van der Waals surface area contributed by atoms with Crippen molar-refractivity contribution in [3.8, 4) is 0 Å². The number of carbonyl (C=O) groups is 2. The summed E-state index contributed by atoms with van der Waals surface area (Å²) >= 11 is 14.0. The number of amides is 2. The van der Waals surface area contributed by atoms with Crippen molar-refractivity contribution in [2.75, 3.05) is 22.1 Å². The number of thioether (sulfide) groups is 2. The number of rotatable bonds is 8. The Bertz CT molecular complexity index is 938. The Morgan fingerprint density at radius 2 is 1.45 bits per heavy atom. The molecule has 11 heteroatoms. The van der Waals surface area contributed by atoms with Crippen LogP contribution in [0.2, 0.25) is 10.0 Å². The van der Waals surface area contributed by atoms with E-state index >= 15 is 0 Å². The van der Waals surface area contributed by atoms with Gasteiger partial charge in [-0.1, -0.05) is 58.9 Å². The van der Waals surface area contributed by atoms with Gasteiger partial charge >= 0.3 is 0 Å². The van der Waals surface area contributed by atoms with E-state index in [1.165, 1.54) is 0 Å². The van der Waals surface area contributed by atoms with Crippen molar-refractivity contribution in [1.82, 2.24) is 10.1 Å². The van der Waals surface area contributed by atoms with Gasteiger partial charge in [0, 0.05) is 21.4 Å². The number of hydrogen-bond acceptors (Lipinski definition) is 7. The molecular formula is C18H14Cl2N4O3S2. The lowest BCUT2D eigenvalue weighted by molar-refractivity contribution is -0.114. The van der Waals surface area contributed by atoms with Crippen LogP contribution in [0.1, 0.15) is 0 Å². The van der Waals surface area contributed by atoms with E-state index in [-0.39, 0.29) is 28.5 Å². The molecule has 0 aliphatic rings. The number of nitrogens with one attached hydrogen (secondary N) is 2. The minimum Gasteiger partial charge on any atom is -0.326 e. The zero-order valence-corrected chi connectivity index (χ0v) is 17.9. The largest absolute Gasteiger partial charge is 0.326 e. The predicted molar refractivity (Wildman–Crippen MR) is 116 cm³/mol. The van der Waals surface area contributed by atoms with Crippen LogP contribution in [0, 0.1) is 0 Å². The lowest BCUT2D eigenvalue weighted by Gasteiger charge is -2.04. The third-order valence-electron chi connectivity index (χ3n) is 3.26. The first kappa shape index (κ1) is 21.5. The smallest absolute Gasteiger partial charge is 0.286 e. The molecule has 0 aliphatic heterocycles. The van der Waals surface area contributed by atoms with Crippen molar-refractivity contribution < 1.29 is 14.1 Å². The molecule has 0 atom stereocenters. The molecule has 2 N–H and O–H groups in total. The third-order valence-corrected chi connectivity index (χ3v) is 5.38. The van der Waals surface area contributed by atoms with Gasteiger partial charge in [0.25, 0.3) is 5.22 Å². The molecule has 1 aromatic heterocycles. The zero-order valence-electron chi connectivity index (χ0n) is 14.7. The van der Waals surface area contributed by atoms with Gasteiger partial charge in [0.05, 0.1) is 11.5 Å². The van der Waals surface area contributed by atoms with E-state index in [1.807, 2.05) is 0 Å². The van der Waals surface area contributed by atoms with Crippen molar-refractivity contribution >= 4 is 69.9 Å². The quantitative estimate of drug-likeness (QED) is 0.456. The molecule has 3 aromatic rings. The number of carbonyl (C=O) groups excluding carboxylic acids is 2. The molecule has 0 saturated carbocycles. The van der Waals surface area contributed by atoms with E-state index in [2.05, 4.69) is 20.8 Å². The van der Waals surface area contributed by atoms with Gasteiger partial charge < -0.3 is 15.2 Å². The highest BCUT2D eigenvalue weighted by Gasteiger charge is 2.12. The molecule has 29 heavy (non-hydrogen) atoms. The summed E-state index contributed by atoms with van der Waals surface area (Å²) in [6.45, 7) is 0. The summed E-state index contributed by atoms with van der Waals surface area (Å²) in [6.07, 6.45) is 0. The Morgan fingerprint density at radius 3 is 2.00 bits per heavy atom. The first-order valence-electron chi connectivity index (χ1n) is 8.18. The Morgan fingerprint density at radius 1 is 0.897 bits per heavy atom. The summed E-state index contributed by atoms with van der Waals surface area (Å²) in [7, 11) is 0. The van der Waals surface area contributed by atoms with Gasteiger partial charge in [-0.25, -0.2) is 0 Å². The number of hydrogen-bond donors (Lipinski definition) is 2. The summed E-state index contributed by atoms with van der Waals surface area (Å²) < 4.78 is 5.08. The van der Waals surface area contributed by atoms with Gasteiger partial charge in [0.2, 0.25) is 17.0 Å². The molecule has 1 heterocycles. The first-order valence-corrected chi connectivity index (χ1v) is 10.9. The van der Waals surface area contributed by atoms with Crippen LogP contribution >= 0.6 is 46.7 Å². The minimum atomic E-state index is -0.231. The summed E-state index contributed by atoms with van der Waals surface area (Å²) in [5, 5.41) is 10.9. The van der Waals surface area contributed by atoms with Gasteiger partial charge in [-0.3, -0.25) is 9.59 Å². The van der Waals surface area contributed by atoms with E-state index in [4.69, 9.17) is 27.7 Å². The van der Waals surface area contributed by atoms with Crippen LogP contribution in [0.4, 0.5) is 11.4 Å². The highest BCUT2D eigenvalue weighted by Crippen LogP contribution is 2.22. The van der Waals surface area contributed by atoms with E-state index in [9.17, 15) is 9.59 Å². The number of benzene rings is 2. The van der Waals surface area contributed by atoms with E-state index in [0.717, 1.165) is 23.5 Å². The average Bonchev–Trinajstić information content (AvgIpc) is 3.13. The van der Waals surface area contributed by atoms with Crippen molar-refractivity contribution in [1.29, 1.82) is 0 Å². The molecule has 2 aromatic carbocycles. The molecule has 0 saturated heterocycles. The Labute approximate surface area is 184 Å². The van der Waals surface area contributed by atoms with Gasteiger partial charge in [0.1, 0.15) is 0 Å². The van der Waals surface area contributed by atoms with E-state index < -0.39 is 0 Å². The number of nitrogens with zero attached hydrogens (tertiary/aromatic N) is 2. The van der Waals surface area contributed by atoms with Gasteiger partial charge in [-0.2, -0.15) is 4.98 Å². The van der Waals surface area contributed by atoms with Crippen LogP contribution in [0.5, 0.6) is 0 Å². The van der Waals surface area contributed by atoms with Crippen LogP contribution < -0.4 is 10.6 Å². The van der Waals surface area contributed by atoms with Crippen LogP contribution in [0.25, 0.3) is 0 Å². The second kappa shape index (κ2) is 10.5. The minimum absolute atomic E-state index is 0.0913. The molecular weight excluding hydrogens is 455 g/mol. The normalized spacial score (nSPS) is 10.6. The third kappa shape index (κ3) is 7.28. The molecule has 0 spiro atoms. The van der Waals surface area contributed by atoms with E-state index in [0.29, 0.717) is 26.6 Å². The molecule has 2 amide bonds. The van der Waals surface area contributed by atoms with Gasteiger partial charge in [-0.15, -0.1) is 0 Å². The fraction of sp³-hybridized carbons (Fsp3) is 0.111. The SMILES string of the molecule is O=C(CSc1noc(SCC(=O)Nc2cccc(Cl)c2)n1)Nc1cccc(Cl)c1. The summed E-state index contributed by atoms with van der Waals surface area (Å²) in [5.41, 5.74) is 1.22.